The number of alkyl halides is 3. The van der Waals surface area contributed by atoms with Gasteiger partial charge >= 0.3 is 6.18 Å². The van der Waals surface area contributed by atoms with Crippen molar-refractivity contribution in [3.05, 3.63) is 57.5 Å². The van der Waals surface area contributed by atoms with Gasteiger partial charge in [-0.1, -0.05) is 30.0 Å². The van der Waals surface area contributed by atoms with Crippen LogP contribution in [-0.2, 0) is 11.9 Å². The van der Waals surface area contributed by atoms with Crippen molar-refractivity contribution in [3.8, 4) is 6.07 Å². The minimum Gasteiger partial charge on any atom is -0.301 e. The third-order valence-corrected chi connectivity index (χ3v) is 3.43. The van der Waals surface area contributed by atoms with Gasteiger partial charge in [0, 0.05) is 11.8 Å². The minimum absolute atomic E-state index is 0.137. The highest BCUT2D eigenvalue weighted by molar-refractivity contribution is 7.98. The Bertz CT molecular complexity index is 749. The molecular weight excluding hydrogens is 303 g/mol. The second-order valence-electron chi connectivity index (χ2n) is 3.99. The van der Waals surface area contributed by atoms with Gasteiger partial charge in [-0.25, -0.2) is 4.98 Å². The van der Waals surface area contributed by atoms with E-state index in [1.54, 1.807) is 24.3 Å². The molecular formula is C13H8F3N3OS. The lowest BCUT2D eigenvalue weighted by Crippen LogP contribution is -2.16. The molecule has 0 saturated carbocycles. The smallest absolute Gasteiger partial charge is 0.301 e. The van der Waals surface area contributed by atoms with Gasteiger partial charge in [-0.05, 0) is 11.6 Å². The summed E-state index contributed by atoms with van der Waals surface area (Å²) in [6.45, 7) is 0. The summed E-state index contributed by atoms with van der Waals surface area (Å²) >= 11 is 0.930. The molecule has 2 aromatic rings. The van der Waals surface area contributed by atoms with Crippen molar-refractivity contribution < 1.29 is 13.2 Å². The first kappa shape index (κ1) is 15.1. The lowest BCUT2D eigenvalue weighted by molar-refractivity contribution is -0.141. The highest BCUT2D eigenvalue weighted by atomic mass is 32.2. The number of thioether (sulfide) groups is 1. The molecule has 0 unspecified atom stereocenters. The van der Waals surface area contributed by atoms with Crippen LogP contribution in [0.1, 0.15) is 16.8 Å². The number of halogens is 3. The van der Waals surface area contributed by atoms with Crippen molar-refractivity contribution >= 4 is 11.8 Å². The number of hydrogen-bond donors (Lipinski definition) is 1. The Morgan fingerprint density at radius 2 is 2.05 bits per heavy atom. The van der Waals surface area contributed by atoms with Crippen molar-refractivity contribution in [2.75, 3.05) is 0 Å². The molecule has 0 fully saturated rings. The van der Waals surface area contributed by atoms with E-state index in [9.17, 15) is 18.0 Å². The zero-order chi connectivity index (χ0) is 15.5. The fraction of sp³-hybridized carbons (Fsp3) is 0.154. The molecule has 0 amide bonds. The van der Waals surface area contributed by atoms with Crippen LogP contribution in [0.4, 0.5) is 13.2 Å². The molecule has 4 nitrogen and oxygen atoms in total. The summed E-state index contributed by atoms with van der Waals surface area (Å²) in [7, 11) is 0. The van der Waals surface area contributed by atoms with Crippen molar-refractivity contribution in [2.45, 2.75) is 17.1 Å². The summed E-state index contributed by atoms with van der Waals surface area (Å²) in [5.41, 5.74) is -1.01. The summed E-state index contributed by atoms with van der Waals surface area (Å²) in [4.78, 5) is 16.8. The topological polar surface area (TPSA) is 69.5 Å². The lowest BCUT2D eigenvalue weighted by Gasteiger charge is -2.07. The van der Waals surface area contributed by atoms with Crippen molar-refractivity contribution in [1.82, 2.24) is 9.97 Å². The van der Waals surface area contributed by atoms with Crippen LogP contribution in [0.15, 0.2) is 40.3 Å². The van der Waals surface area contributed by atoms with Crippen LogP contribution in [-0.4, -0.2) is 9.97 Å². The summed E-state index contributed by atoms with van der Waals surface area (Å²) in [6, 6.07) is 9.12. The summed E-state index contributed by atoms with van der Waals surface area (Å²) in [6.07, 6.45) is -4.67. The third kappa shape index (κ3) is 3.86. The van der Waals surface area contributed by atoms with E-state index in [0.717, 1.165) is 11.8 Å². The van der Waals surface area contributed by atoms with Gasteiger partial charge in [0.15, 0.2) is 10.9 Å². The average Bonchev–Trinajstić information content (AvgIpc) is 2.44. The van der Waals surface area contributed by atoms with E-state index in [0.29, 0.717) is 17.2 Å². The maximum absolute atomic E-state index is 12.6. The summed E-state index contributed by atoms with van der Waals surface area (Å²) < 4.78 is 37.7. The van der Waals surface area contributed by atoms with Crippen LogP contribution in [0.25, 0.3) is 0 Å². The number of nitrogens with zero attached hydrogens (tertiary/aromatic N) is 2. The maximum Gasteiger partial charge on any atom is 0.433 e. The molecule has 2 rings (SSSR count). The molecule has 0 spiro atoms. The lowest BCUT2D eigenvalue weighted by atomic mass is 10.1. The molecule has 8 heteroatoms. The standard InChI is InChI=1S/C13H8F3N3OS/c14-13(15,16)10-5-11(20)19-12(18-10)21-7-9-4-2-1-3-8(9)6-17/h1-5H,7H2,(H,18,19,20). The van der Waals surface area contributed by atoms with E-state index < -0.39 is 17.4 Å². The Morgan fingerprint density at radius 1 is 1.33 bits per heavy atom. The van der Waals surface area contributed by atoms with E-state index in [-0.39, 0.29) is 10.9 Å². The average molecular weight is 311 g/mol. The second-order valence-corrected chi connectivity index (χ2v) is 4.96. The molecule has 1 aromatic heterocycles. The number of nitrogens with one attached hydrogen (secondary N) is 1. The van der Waals surface area contributed by atoms with Crippen LogP contribution >= 0.6 is 11.8 Å². The van der Waals surface area contributed by atoms with Gasteiger partial charge in [0.1, 0.15) is 0 Å². The van der Waals surface area contributed by atoms with E-state index in [2.05, 4.69) is 9.97 Å². The van der Waals surface area contributed by atoms with Gasteiger partial charge in [0.25, 0.3) is 5.56 Å². The first-order valence-electron chi connectivity index (χ1n) is 5.69. The molecule has 0 aliphatic rings. The molecule has 21 heavy (non-hydrogen) atoms. The zero-order valence-electron chi connectivity index (χ0n) is 10.4. The molecule has 1 N–H and O–H groups in total. The van der Waals surface area contributed by atoms with Crippen LogP contribution in [0, 0.1) is 11.3 Å². The number of rotatable bonds is 3. The van der Waals surface area contributed by atoms with E-state index in [1.807, 2.05) is 6.07 Å². The maximum atomic E-state index is 12.6. The Kier molecular flexibility index (Phi) is 4.33. The van der Waals surface area contributed by atoms with Gasteiger partial charge < -0.3 is 4.98 Å². The molecule has 0 bridgehead atoms. The first-order chi connectivity index (χ1) is 9.90. The molecule has 1 aromatic carbocycles. The number of nitriles is 1. The normalized spacial score (nSPS) is 11.1. The first-order valence-corrected chi connectivity index (χ1v) is 6.68. The van der Waals surface area contributed by atoms with Gasteiger partial charge in [-0.2, -0.15) is 18.4 Å². The van der Waals surface area contributed by atoms with Gasteiger partial charge in [0.05, 0.1) is 11.6 Å². The molecule has 0 radical (unpaired) electrons. The Hall–Kier alpha value is -2.27. The van der Waals surface area contributed by atoms with Crippen molar-refractivity contribution in [1.29, 1.82) is 5.26 Å². The number of aromatic amines is 1. The highest BCUT2D eigenvalue weighted by Crippen LogP contribution is 2.28. The van der Waals surface area contributed by atoms with Gasteiger partial charge in [-0.3, -0.25) is 4.79 Å². The number of H-pyrrole nitrogens is 1. The largest absolute Gasteiger partial charge is 0.433 e. The monoisotopic (exact) mass is 311 g/mol. The predicted molar refractivity (Wildman–Crippen MR) is 70.6 cm³/mol. The molecule has 0 atom stereocenters. The van der Waals surface area contributed by atoms with Crippen LogP contribution in [0.3, 0.4) is 0 Å². The van der Waals surface area contributed by atoms with Crippen molar-refractivity contribution in [3.63, 3.8) is 0 Å². The predicted octanol–water partition coefficient (Wildman–Crippen LogP) is 2.95. The van der Waals surface area contributed by atoms with E-state index in [4.69, 9.17) is 5.26 Å². The quantitative estimate of drug-likeness (QED) is 0.699. The molecule has 0 aliphatic heterocycles. The highest BCUT2D eigenvalue weighted by Gasteiger charge is 2.33. The fourth-order valence-corrected chi connectivity index (χ4v) is 2.43. The zero-order valence-corrected chi connectivity index (χ0v) is 11.3. The van der Waals surface area contributed by atoms with Crippen LogP contribution in [0.5, 0.6) is 0 Å². The van der Waals surface area contributed by atoms with Crippen LogP contribution < -0.4 is 5.56 Å². The second kappa shape index (κ2) is 6.01. The SMILES string of the molecule is N#Cc1ccccc1CSc1nc(C(F)(F)F)cc(=O)[nH]1. The van der Waals surface area contributed by atoms with Gasteiger partial charge in [-0.15, -0.1) is 0 Å². The molecule has 108 valence electrons. The Labute approximate surface area is 121 Å². The minimum atomic E-state index is -4.67. The summed E-state index contributed by atoms with van der Waals surface area (Å²) in [5.74, 6) is 0.230. The fourth-order valence-electron chi connectivity index (χ4n) is 1.55. The van der Waals surface area contributed by atoms with E-state index >= 15 is 0 Å². The Balaban J connectivity index is 2.23. The summed E-state index contributed by atoms with van der Waals surface area (Å²) in [5, 5.41) is 8.79. The number of aromatic nitrogens is 2. The molecule has 0 aliphatic carbocycles. The molecule has 1 heterocycles. The van der Waals surface area contributed by atoms with Crippen LogP contribution in [0.2, 0.25) is 0 Å². The Morgan fingerprint density at radius 3 is 2.71 bits per heavy atom. The van der Waals surface area contributed by atoms with Gasteiger partial charge in [0.2, 0.25) is 0 Å². The molecule has 0 saturated heterocycles. The van der Waals surface area contributed by atoms with E-state index in [1.165, 1.54) is 0 Å². The van der Waals surface area contributed by atoms with Crippen molar-refractivity contribution in [2.24, 2.45) is 0 Å². The third-order valence-electron chi connectivity index (χ3n) is 2.51. The number of benzene rings is 1. The number of hydrogen-bond acceptors (Lipinski definition) is 4.